The third-order valence-electron chi connectivity index (χ3n) is 13.7. The fourth-order valence-corrected chi connectivity index (χ4v) is 13.6. The van der Waals surface area contributed by atoms with E-state index in [-0.39, 0.29) is 43.3 Å². The van der Waals surface area contributed by atoms with Crippen LogP contribution in [0.2, 0.25) is 0 Å². The molecule has 0 atom stereocenters. The smallest absolute Gasteiger partial charge is 0.294 e. The van der Waals surface area contributed by atoms with E-state index in [1.54, 1.807) is 152 Å². The standard InChI is InChI=1S/C56H56N4O12S4/c1-29(2)37-13-9-33(25-49(37)73(61,62)63)53-41-17-19-43(57-41)54(34-10-14-38(30(3)4)50(26-34)74(64,65)66)45-21-23-47(59-45)56(36-12-16-40(32(7)8)52(28-36)76(70,71)72)48-24-22-46(60-48)55(44-20-18-42(53)58-44)35-11-15-39(31(5)6)51(27-35)75(67,68)69/h9-32,57-60H,1-8H3,(H,61,62,63)(H,64,65,66)(H,67,68,69)(H,70,71,72). The highest BCUT2D eigenvalue weighted by molar-refractivity contribution is 7.86. The zero-order chi connectivity index (χ0) is 55.1. The molecular formula is C56H56N4O12S4. The minimum absolute atomic E-state index is 0.306. The summed E-state index contributed by atoms with van der Waals surface area (Å²) in [7, 11) is -19.1. The van der Waals surface area contributed by atoms with Crippen LogP contribution in [0.25, 0.3) is 22.3 Å². The van der Waals surface area contributed by atoms with Gasteiger partial charge in [0.05, 0.1) is 19.6 Å². The van der Waals surface area contributed by atoms with Gasteiger partial charge in [-0.3, -0.25) is 18.2 Å². The average molecular weight is 1110 g/mol. The zero-order valence-electron chi connectivity index (χ0n) is 42.5. The van der Waals surface area contributed by atoms with Gasteiger partial charge in [0, 0.05) is 66.5 Å². The van der Waals surface area contributed by atoms with Crippen molar-refractivity contribution in [2.24, 2.45) is 0 Å². The van der Waals surface area contributed by atoms with Crippen LogP contribution in [-0.4, -0.2) is 71.8 Å². The molecule has 0 radical (unpaired) electrons. The van der Waals surface area contributed by atoms with E-state index in [0.717, 1.165) is 0 Å². The Bertz CT molecular complexity index is 3870. The number of benzene rings is 4. The van der Waals surface area contributed by atoms with Crippen LogP contribution in [0.15, 0.2) is 141 Å². The Kier molecular flexibility index (Phi) is 13.9. The molecule has 5 heterocycles. The summed E-state index contributed by atoms with van der Waals surface area (Å²) in [6, 6.07) is 32.9. The normalized spacial score (nSPS) is 13.8. The van der Waals surface area contributed by atoms with Crippen molar-refractivity contribution >= 4 is 62.8 Å². The number of H-pyrrole nitrogens is 4. The van der Waals surface area contributed by atoms with Crippen molar-refractivity contribution in [3.05, 3.63) is 210 Å². The fourth-order valence-electron chi connectivity index (χ4n) is 10.1. The Balaban J connectivity index is 1.49. The fraction of sp³-hybridized carbons (Fsp3) is 0.214. The molecule has 0 unspecified atom stereocenters. The number of nitrogens with one attached hydrogen (secondary N) is 4. The topological polar surface area (TPSA) is 281 Å². The number of hydrogen-bond acceptors (Lipinski definition) is 8. The van der Waals surface area contributed by atoms with Gasteiger partial charge in [-0.25, -0.2) is 0 Å². The van der Waals surface area contributed by atoms with E-state index in [2.05, 4.69) is 19.9 Å². The number of aromatic nitrogens is 4. The van der Waals surface area contributed by atoms with Crippen molar-refractivity contribution in [3.63, 3.8) is 0 Å². The quantitative estimate of drug-likeness (QED) is 0.0545. The van der Waals surface area contributed by atoms with Crippen LogP contribution in [0.4, 0.5) is 0 Å². The monoisotopic (exact) mass is 1100 g/mol. The molecule has 0 aliphatic carbocycles. The average Bonchev–Trinajstić information content (AvgIpc) is 4.22. The summed E-state index contributed by atoms with van der Waals surface area (Å²) >= 11 is 0. The molecule has 4 aromatic carbocycles. The summed E-state index contributed by atoms with van der Waals surface area (Å²) in [4.78, 5) is 12.8. The second-order valence-electron chi connectivity index (χ2n) is 20.2. The van der Waals surface area contributed by atoms with Crippen LogP contribution in [0.1, 0.15) is 146 Å². The zero-order valence-corrected chi connectivity index (χ0v) is 45.8. The molecule has 8 bridgehead atoms. The van der Waals surface area contributed by atoms with Gasteiger partial charge in [-0.05, 0) is 141 Å². The molecule has 8 aromatic rings. The Hall–Kier alpha value is -6.88. The van der Waals surface area contributed by atoms with E-state index in [1.807, 2.05) is 0 Å². The van der Waals surface area contributed by atoms with Crippen molar-refractivity contribution in [1.29, 1.82) is 0 Å². The van der Waals surface area contributed by atoms with Crippen molar-refractivity contribution < 1.29 is 51.9 Å². The van der Waals surface area contributed by atoms with Crippen LogP contribution in [-0.2, 0) is 40.5 Å². The van der Waals surface area contributed by atoms with Gasteiger partial charge in [0.25, 0.3) is 40.5 Å². The summed E-state index contributed by atoms with van der Waals surface area (Å²) in [5.41, 5.74) is 6.23. The SMILES string of the molecule is CC(C)c1ccc(C2=c3ccc([nH]3)=C(c3ccc(C(C)C)c(S(=O)(=O)O)c3)c3ccc([nH]3)C(c3ccc(C(C)C)c(S(=O)(=O)O)c3)=c3ccc([nH]3)=C(c3ccc(C(C)C)c(S(=O)(=O)O)c3)c3ccc2[nH]3)cc1S(=O)(=O)O. The third-order valence-corrected chi connectivity index (χ3v) is 17.3. The largest absolute Gasteiger partial charge is 0.354 e. The van der Waals surface area contributed by atoms with E-state index >= 15 is 0 Å². The van der Waals surface area contributed by atoms with E-state index < -0.39 is 40.5 Å². The summed E-state index contributed by atoms with van der Waals surface area (Å²) in [6.07, 6.45) is 0. The Labute approximate surface area is 440 Å². The second kappa shape index (κ2) is 19.6. The van der Waals surface area contributed by atoms with Crippen molar-refractivity contribution in [3.8, 4) is 0 Å². The van der Waals surface area contributed by atoms with Crippen LogP contribution < -0.4 is 21.4 Å². The molecule has 8 N–H and O–H groups in total. The Morgan fingerprint density at radius 1 is 0.289 bits per heavy atom. The highest BCUT2D eigenvalue weighted by Crippen LogP contribution is 2.35. The first kappa shape index (κ1) is 53.9. The number of fused-ring (bicyclic) bond motifs is 8. The summed E-state index contributed by atoms with van der Waals surface area (Å²) in [5.74, 6) is -1.23. The molecule has 16 nitrogen and oxygen atoms in total. The molecule has 0 amide bonds. The van der Waals surface area contributed by atoms with Gasteiger partial charge in [0.15, 0.2) is 0 Å². The van der Waals surface area contributed by atoms with Crippen LogP contribution >= 0.6 is 0 Å². The molecule has 0 spiro atoms. The number of aromatic amines is 4. The lowest BCUT2D eigenvalue weighted by molar-refractivity contribution is 0.479. The van der Waals surface area contributed by atoms with E-state index in [9.17, 15) is 51.9 Å². The molecule has 396 valence electrons. The van der Waals surface area contributed by atoms with Gasteiger partial charge in [-0.15, -0.1) is 0 Å². The minimum Gasteiger partial charge on any atom is -0.354 e. The highest BCUT2D eigenvalue weighted by atomic mass is 32.2. The lowest BCUT2D eigenvalue weighted by Gasteiger charge is -2.15. The predicted molar refractivity (Wildman–Crippen MR) is 290 cm³/mol. The molecule has 0 saturated heterocycles. The number of hydrogen-bond donors (Lipinski definition) is 8. The summed E-state index contributed by atoms with van der Waals surface area (Å²) in [6.45, 7) is 14.4. The maximum atomic E-state index is 13.1. The van der Waals surface area contributed by atoms with Gasteiger partial charge in [-0.1, -0.05) is 104 Å². The van der Waals surface area contributed by atoms with Crippen molar-refractivity contribution in [2.45, 2.75) is 98.6 Å². The summed E-state index contributed by atoms with van der Waals surface area (Å²) in [5, 5.41) is 1.67. The molecule has 9 rings (SSSR count). The maximum absolute atomic E-state index is 13.1. The molecule has 76 heavy (non-hydrogen) atoms. The summed E-state index contributed by atoms with van der Waals surface area (Å²) < 4.78 is 147. The lowest BCUT2D eigenvalue weighted by atomic mass is 9.97. The van der Waals surface area contributed by atoms with Gasteiger partial charge in [0.1, 0.15) is 0 Å². The molecule has 1 aliphatic rings. The van der Waals surface area contributed by atoms with Crippen molar-refractivity contribution in [1.82, 2.24) is 19.9 Å². The Morgan fingerprint density at radius 3 is 0.658 bits per heavy atom. The van der Waals surface area contributed by atoms with Gasteiger partial charge >= 0.3 is 0 Å². The molecule has 20 heteroatoms. The van der Waals surface area contributed by atoms with Gasteiger partial charge in [0.2, 0.25) is 0 Å². The molecule has 4 aromatic heterocycles. The van der Waals surface area contributed by atoms with Gasteiger partial charge in [-0.2, -0.15) is 33.7 Å². The van der Waals surface area contributed by atoms with Crippen LogP contribution in [0.5, 0.6) is 0 Å². The maximum Gasteiger partial charge on any atom is 0.294 e. The first-order valence-electron chi connectivity index (χ1n) is 24.2. The Morgan fingerprint density at radius 2 is 0.487 bits per heavy atom. The second-order valence-corrected chi connectivity index (χ2v) is 25.7. The molecule has 1 aliphatic heterocycles. The lowest BCUT2D eigenvalue weighted by Crippen LogP contribution is -2.19. The van der Waals surface area contributed by atoms with E-state index in [4.69, 9.17) is 0 Å². The van der Waals surface area contributed by atoms with E-state index in [1.165, 1.54) is 24.3 Å². The molecular weight excluding hydrogens is 1050 g/mol. The minimum atomic E-state index is -4.77. The van der Waals surface area contributed by atoms with Crippen LogP contribution in [0.3, 0.4) is 0 Å². The molecule has 0 fully saturated rings. The first-order chi connectivity index (χ1) is 35.5. The molecule has 0 saturated carbocycles. The van der Waals surface area contributed by atoms with Crippen LogP contribution in [0, 0.1) is 0 Å². The van der Waals surface area contributed by atoms with E-state index in [0.29, 0.717) is 111 Å². The number of rotatable bonds is 12. The van der Waals surface area contributed by atoms with Crippen molar-refractivity contribution in [2.75, 3.05) is 0 Å². The first-order valence-corrected chi connectivity index (χ1v) is 30.0. The highest BCUT2D eigenvalue weighted by Gasteiger charge is 2.27. The third kappa shape index (κ3) is 10.3. The predicted octanol–water partition coefficient (Wildman–Crippen LogP) is 7.78. The van der Waals surface area contributed by atoms with Gasteiger partial charge < -0.3 is 19.9 Å².